The van der Waals surface area contributed by atoms with Gasteiger partial charge in [0.2, 0.25) is 5.91 Å². The zero-order valence-corrected chi connectivity index (χ0v) is 12.6. The fraction of sp³-hybridized carbons (Fsp3) is 0.562. The van der Waals surface area contributed by atoms with Crippen LogP contribution in [0.1, 0.15) is 26.7 Å². The van der Waals surface area contributed by atoms with Crippen LogP contribution in [0.15, 0.2) is 24.3 Å². The Morgan fingerprint density at radius 2 is 1.90 bits per heavy atom. The molecule has 0 aromatic heterocycles. The topological polar surface area (TPSA) is 52.6 Å². The van der Waals surface area contributed by atoms with Crippen LogP contribution in [0.2, 0.25) is 0 Å². The van der Waals surface area contributed by atoms with Crippen molar-refractivity contribution in [3.8, 4) is 0 Å². The lowest BCUT2D eigenvalue weighted by atomic mass is 9.94. The normalized spacial score (nSPS) is 17.7. The number of likely N-dealkylation sites (tertiary alicyclic amines) is 1. The number of aliphatic hydroxyl groups is 1. The number of hydrogen-bond acceptors (Lipinski definition) is 3. The maximum absolute atomic E-state index is 12.8. The molecule has 1 heterocycles. The van der Waals surface area contributed by atoms with Crippen LogP contribution in [-0.4, -0.2) is 41.1 Å². The number of carbonyl (C=O) groups is 1. The number of β-amino-alcohol motifs (C(OH)–C–C–N with tert-alkyl or cyclic N) is 1. The van der Waals surface area contributed by atoms with Crippen molar-refractivity contribution in [2.24, 2.45) is 5.92 Å². The summed E-state index contributed by atoms with van der Waals surface area (Å²) in [4.78, 5) is 14.4. The second kappa shape index (κ2) is 6.54. The smallest absolute Gasteiger partial charge is 0.227 e. The molecule has 0 radical (unpaired) electrons. The number of nitrogens with zero attached hydrogens (tertiary/aromatic N) is 1. The fourth-order valence-electron chi connectivity index (χ4n) is 2.68. The summed E-state index contributed by atoms with van der Waals surface area (Å²) in [5.41, 5.74) is -0.0799. The highest BCUT2D eigenvalue weighted by Gasteiger charge is 2.27. The summed E-state index contributed by atoms with van der Waals surface area (Å²) in [5, 5.41) is 12.6. The molecular formula is C16H23FN2O2. The molecule has 0 aliphatic carbocycles. The second-order valence-corrected chi connectivity index (χ2v) is 6.36. The number of amides is 1. The van der Waals surface area contributed by atoms with E-state index in [2.05, 4.69) is 10.2 Å². The zero-order valence-electron chi connectivity index (χ0n) is 12.6. The molecule has 21 heavy (non-hydrogen) atoms. The molecular weight excluding hydrogens is 271 g/mol. The fourth-order valence-corrected chi connectivity index (χ4v) is 2.68. The molecule has 2 N–H and O–H groups in total. The highest BCUT2D eigenvalue weighted by molar-refractivity contribution is 5.92. The van der Waals surface area contributed by atoms with Crippen molar-refractivity contribution >= 4 is 11.6 Å². The molecule has 1 aromatic carbocycles. The minimum Gasteiger partial charge on any atom is -0.389 e. The third-order valence-corrected chi connectivity index (χ3v) is 3.68. The summed E-state index contributed by atoms with van der Waals surface area (Å²) in [6, 6.07) is 5.80. The van der Waals surface area contributed by atoms with Crippen molar-refractivity contribution in [1.82, 2.24) is 4.90 Å². The van der Waals surface area contributed by atoms with Crippen LogP contribution in [0, 0.1) is 11.7 Å². The molecule has 1 aromatic rings. The number of halogens is 1. The summed E-state index contributed by atoms with van der Waals surface area (Å²) < 4.78 is 12.8. The van der Waals surface area contributed by atoms with Gasteiger partial charge in [-0.3, -0.25) is 4.79 Å². The van der Waals surface area contributed by atoms with Crippen LogP contribution in [0.4, 0.5) is 10.1 Å². The SMILES string of the molecule is CC(C)(O)CN1CCC(C(=O)Nc2ccc(F)cc2)CC1. The molecule has 0 saturated carbocycles. The first-order valence-electron chi connectivity index (χ1n) is 7.35. The van der Waals surface area contributed by atoms with Gasteiger partial charge in [-0.05, 0) is 64.0 Å². The van der Waals surface area contributed by atoms with Crippen molar-refractivity contribution in [3.05, 3.63) is 30.1 Å². The second-order valence-electron chi connectivity index (χ2n) is 6.36. The molecule has 2 rings (SSSR count). The van der Waals surface area contributed by atoms with Gasteiger partial charge in [0.15, 0.2) is 0 Å². The molecule has 1 fully saturated rings. The van der Waals surface area contributed by atoms with Gasteiger partial charge in [0.1, 0.15) is 5.82 Å². The van der Waals surface area contributed by atoms with Crippen LogP contribution in [0.5, 0.6) is 0 Å². The highest BCUT2D eigenvalue weighted by Crippen LogP contribution is 2.21. The monoisotopic (exact) mass is 294 g/mol. The Bertz CT molecular complexity index is 474. The van der Waals surface area contributed by atoms with Crippen molar-refractivity contribution in [2.45, 2.75) is 32.3 Å². The van der Waals surface area contributed by atoms with Crippen LogP contribution in [0.25, 0.3) is 0 Å². The van der Waals surface area contributed by atoms with Gasteiger partial charge in [0.05, 0.1) is 5.60 Å². The molecule has 1 aliphatic rings. The first-order chi connectivity index (χ1) is 9.83. The molecule has 1 aliphatic heterocycles. The molecule has 0 spiro atoms. The summed E-state index contributed by atoms with van der Waals surface area (Å²) >= 11 is 0. The number of anilines is 1. The maximum Gasteiger partial charge on any atom is 0.227 e. The lowest BCUT2D eigenvalue weighted by molar-refractivity contribution is -0.121. The molecule has 4 nitrogen and oxygen atoms in total. The number of benzene rings is 1. The lowest BCUT2D eigenvalue weighted by Gasteiger charge is -2.34. The van der Waals surface area contributed by atoms with Crippen molar-refractivity contribution < 1.29 is 14.3 Å². The van der Waals surface area contributed by atoms with Gasteiger partial charge in [-0.25, -0.2) is 4.39 Å². The van der Waals surface area contributed by atoms with E-state index in [-0.39, 0.29) is 17.6 Å². The van der Waals surface area contributed by atoms with Gasteiger partial charge in [0, 0.05) is 18.2 Å². The Hall–Kier alpha value is -1.46. The lowest BCUT2D eigenvalue weighted by Crippen LogP contribution is -2.44. The molecule has 1 saturated heterocycles. The average molecular weight is 294 g/mol. The van der Waals surface area contributed by atoms with Gasteiger partial charge >= 0.3 is 0 Å². The van der Waals surface area contributed by atoms with E-state index in [0.717, 1.165) is 25.9 Å². The van der Waals surface area contributed by atoms with Crippen LogP contribution in [-0.2, 0) is 4.79 Å². The maximum atomic E-state index is 12.8. The average Bonchev–Trinajstić information content (AvgIpc) is 2.40. The third-order valence-electron chi connectivity index (χ3n) is 3.68. The quantitative estimate of drug-likeness (QED) is 0.895. The van der Waals surface area contributed by atoms with Crippen LogP contribution >= 0.6 is 0 Å². The van der Waals surface area contributed by atoms with Gasteiger partial charge < -0.3 is 15.3 Å². The van der Waals surface area contributed by atoms with E-state index in [4.69, 9.17) is 0 Å². The predicted molar refractivity (Wildman–Crippen MR) is 80.5 cm³/mol. The van der Waals surface area contributed by atoms with Crippen LogP contribution in [0.3, 0.4) is 0 Å². The third kappa shape index (κ3) is 5.10. The van der Waals surface area contributed by atoms with Crippen molar-refractivity contribution in [3.63, 3.8) is 0 Å². The summed E-state index contributed by atoms with van der Waals surface area (Å²) in [5.74, 6) is -0.342. The molecule has 0 unspecified atom stereocenters. The van der Waals surface area contributed by atoms with E-state index in [0.29, 0.717) is 12.2 Å². The Labute approximate surface area is 125 Å². The molecule has 0 bridgehead atoms. The number of nitrogens with one attached hydrogen (secondary N) is 1. The van der Waals surface area contributed by atoms with Gasteiger partial charge in [-0.2, -0.15) is 0 Å². The highest BCUT2D eigenvalue weighted by atomic mass is 19.1. The Balaban J connectivity index is 1.81. The molecule has 116 valence electrons. The van der Waals surface area contributed by atoms with Gasteiger partial charge in [0.25, 0.3) is 0 Å². The van der Waals surface area contributed by atoms with E-state index < -0.39 is 5.60 Å². The van der Waals surface area contributed by atoms with Gasteiger partial charge in [-0.15, -0.1) is 0 Å². The molecule has 0 atom stereocenters. The van der Waals surface area contributed by atoms with E-state index in [1.54, 1.807) is 26.0 Å². The Morgan fingerprint density at radius 1 is 1.33 bits per heavy atom. The predicted octanol–water partition coefficient (Wildman–Crippen LogP) is 2.25. The first-order valence-corrected chi connectivity index (χ1v) is 7.35. The van der Waals surface area contributed by atoms with Crippen molar-refractivity contribution in [2.75, 3.05) is 25.0 Å². The summed E-state index contributed by atoms with van der Waals surface area (Å²) in [7, 11) is 0. The Kier molecular flexibility index (Phi) is 4.96. The number of piperidine rings is 1. The van der Waals surface area contributed by atoms with E-state index in [9.17, 15) is 14.3 Å². The van der Waals surface area contributed by atoms with E-state index >= 15 is 0 Å². The summed E-state index contributed by atoms with van der Waals surface area (Å²) in [6.07, 6.45) is 1.56. The van der Waals surface area contributed by atoms with Gasteiger partial charge in [-0.1, -0.05) is 0 Å². The summed E-state index contributed by atoms with van der Waals surface area (Å²) in [6.45, 7) is 5.83. The number of carbonyl (C=O) groups excluding carboxylic acids is 1. The minimum absolute atomic E-state index is 0.00971. The van der Waals surface area contributed by atoms with E-state index in [1.807, 2.05) is 0 Å². The molecule has 5 heteroatoms. The number of rotatable bonds is 4. The van der Waals surface area contributed by atoms with Crippen molar-refractivity contribution in [1.29, 1.82) is 0 Å². The number of hydrogen-bond donors (Lipinski definition) is 2. The zero-order chi connectivity index (χ0) is 15.5. The molecule has 1 amide bonds. The standard InChI is InChI=1S/C16H23FN2O2/c1-16(2,21)11-19-9-7-12(8-10-19)15(20)18-14-5-3-13(17)4-6-14/h3-6,12,21H,7-11H2,1-2H3,(H,18,20). The van der Waals surface area contributed by atoms with Crippen LogP contribution < -0.4 is 5.32 Å². The largest absolute Gasteiger partial charge is 0.389 e. The van der Waals surface area contributed by atoms with E-state index in [1.165, 1.54) is 12.1 Å². The minimum atomic E-state index is -0.705. The Morgan fingerprint density at radius 3 is 2.43 bits per heavy atom. The first kappa shape index (κ1) is 15.9.